The van der Waals surface area contributed by atoms with Gasteiger partial charge in [-0.3, -0.25) is 9.59 Å². The zero-order valence-electron chi connectivity index (χ0n) is 19.1. The third-order valence-corrected chi connectivity index (χ3v) is 5.80. The molecule has 1 aliphatic rings. The Morgan fingerprint density at radius 1 is 0.606 bits per heavy atom. The number of nitrogens with zero attached hydrogens (tertiary/aromatic N) is 2. The van der Waals surface area contributed by atoms with Gasteiger partial charge in [-0.25, -0.2) is 0 Å². The van der Waals surface area contributed by atoms with E-state index in [1.165, 1.54) is 0 Å². The molecule has 4 nitrogen and oxygen atoms in total. The number of Topliss-reactive ketones (excluding diaryl/α,β-unsaturated/α-hetero) is 2. The number of carbonyl (C=O) groups is 2. The molecule has 0 saturated carbocycles. The van der Waals surface area contributed by atoms with Gasteiger partial charge in [0.1, 0.15) is 0 Å². The summed E-state index contributed by atoms with van der Waals surface area (Å²) in [6.07, 6.45) is 4.81. The molecule has 0 bridgehead atoms. The number of fused-ring (bicyclic) bond motifs is 1. The van der Waals surface area contributed by atoms with Gasteiger partial charge in [-0.05, 0) is 43.5 Å². The van der Waals surface area contributed by atoms with Gasteiger partial charge in [-0.2, -0.15) is 0 Å². The van der Waals surface area contributed by atoms with Crippen LogP contribution in [0.1, 0.15) is 31.4 Å². The third kappa shape index (κ3) is 5.12. The summed E-state index contributed by atoms with van der Waals surface area (Å²) in [5.41, 5.74) is 5.21. The molecule has 4 rings (SSSR count). The van der Waals surface area contributed by atoms with Crippen molar-refractivity contribution in [2.45, 2.75) is 20.3 Å². The van der Waals surface area contributed by atoms with Gasteiger partial charge >= 0.3 is 0 Å². The number of carbonyl (C=O) groups excluding carboxylic acids is 2. The van der Waals surface area contributed by atoms with Crippen LogP contribution in [0.25, 0.3) is 11.1 Å². The first-order valence-electron chi connectivity index (χ1n) is 11.2. The molecular weight excluding hydrogens is 408 g/mol. The second kappa shape index (κ2) is 10.1. The topological polar surface area (TPSA) is 40.6 Å². The van der Waals surface area contributed by atoms with E-state index in [0.717, 1.165) is 42.0 Å². The van der Waals surface area contributed by atoms with E-state index in [-0.39, 0.29) is 11.6 Å². The maximum Gasteiger partial charge on any atom is 0.161 e. The van der Waals surface area contributed by atoms with Crippen molar-refractivity contribution in [2.75, 3.05) is 22.9 Å². The van der Waals surface area contributed by atoms with Crippen LogP contribution in [-0.4, -0.2) is 24.7 Å². The highest BCUT2D eigenvalue weighted by Crippen LogP contribution is 2.35. The summed E-state index contributed by atoms with van der Waals surface area (Å²) in [5.74, 6) is 0.0604. The highest BCUT2D eigenvalue weighted by molar-refractivity contribution is 6.20. The molecule has 0 spiro atoms. The second-order valence-electron chi connectivity index (χ2n) is 8.16. The van der Waals surface area contributed by atoms with Crippen LogP contribution in [0.5, 0.6) is 0 Å². The Morgan fingerprint density at radius 3 is 1.33 bits per heavy atom. The molecule has 0 unspecified atom stereocenters. The van der Waals surface area contributed by atoms with Gasteiger partial charge in [0.05, 0.1) is 11.4 Å². The van der Waals surface area contributed by atoms with Crippen molar-refractivity contribution in [3.8, 4) is 0 Å². The fraction of sp³-hybridized carbons (Fsp3) is 0.172. The molecule has 0 saturated heterocycles. The summed E-state index contributed by atoms with van der Waals surface area (Å²) in [6.45, 7) is 4.75. The van der Waals surface area contributed by atoms with Crippen LogP contribution in [0.15, 0.2) is 97.3 Å². The Morgan fingerprint density at radius 2 is 0.970 bits per heavy atom. The SMILES string of the molecule is CC(=O)/C(=C\N1CCCN(/C=C(\C(C)=O)c2ccccc2)c2ccccc21)c1ccccc1. The molecule has 0 N–H and O–H groups in total. The molecule has 1 aliphatic heterocycles. The lowest BCUT2D eigenvalue weighted by Gasteiger charge is -2.25. The fourth-order valence-corrected chi connectivity index (χ4v) is 4.15. The van der Waals surface area contributed by atoms with Crippen molar-refractivity contribution in [3.63, 3.8) is 0 Å². The van der Waals surface area contributed by atoms with E-state index in [0.29, 0.717) is 11.1 Å². The summed E-state index contributed by atoms with van der Waals surface area (Å²) >= 11 is 0. The number of para-hydroxylation sites is 2. The number of allylic oxidation sites excluding steroid dienone is 2. The highest BCUT2D eigenvalue weighted by Gasteiger charge is 2.21. The van der Waals surface area contributed by atoms with Crippen molar-refractivity contribution in [2.24, 2.45) is 0 Å². The first-order valence-corrected chi connectivity index (χ1v) is 11.2. The second-order valence-corrected chi connectivity index (χ2v) is 8.16. The number of hydrogen-bond acceptors (Lipinski definition) is 4. The number of benzene rings is 3. The monoisotopic (exact) mass is 436 g/mol. The summed E-state index contributed by atoms with van der Waals surface area (Å²) in [4.78, 5) is 29.3. The molecule has 0 radical (unpaired) electrons. The van der Waals surface area contributed by atoms with Crippen LogP contribution in [0.3, 0.4) is 0 Å². The minimum absolute atomic E-state index is 0.0302. The number of hydrogen-bond donors (Lipinski definition) is 0. The van der Waals surface area contributed by atoms with Crippen LogP contribution < -0.4 is 9.80 Å². The van der Waals surface area contributed by atoms with Gasteiger partial charge in [0.15, 0.2) is 11.6 Å². The Bertz CT molecular complexity index is 1100. The quantitative estimate of drug-likeness (QED) is 0.447. The molecule has 0 atom stereocenters. The third-order valence-electron chi connectivity index (χ3n) is 5.80. The standard InChI is InChI=1S/C29H28N2O2/c1-22(32)26(24-12-5-3-6-13-24)20-30-18-11-19-31(29-17-10-9-16-28(29)30)21-27(23(2)33)25-14-7-4-8-15-25/h3-10,12-17,20-21H,11,18-19H2,1-2H3/b26-20+,27-21+. The first-order chi connectivity index (χ1) is 16.0. The number of rotatable bonds is 6. The van der Waals surface area contributed by atoms with Gasteiger partial charge < -0.3 is 9.80 Å². The molecule has 3 aromatic rings. The average molecular weight is 437 g/mol. The molecule has 0 aliphatic carbocycles. The zero-order valence-corrected chi connectivity index (χ0v) is 19.1. The lowest BCUT2D eigenvalue weighted by molar-refractivity contribution is -0.112. The maximum atomic E-state index is 12.5. The Kier molecular flexibility index (Phi) is 6.84. The summed E-state index contributed by atoms with van der Waals surface area (Å²) in [5, 5.41) is 0. The summed E-state index contributed by atoms with van der Waals surface area (Å²) in [7, 11) is 0. The van der Waals surface area contributed by atoms with E-state index in [4.69, 9.17) is 0 Å². The molecule has 0 amide bonds. The van der Waals surface area contributed by atoms with Gasteiger partial charge in [-0.1, -0.05) is 72.8 Å². The van der Waals surface area contributed by atoms with Gasteiger partial charge in [0.2, 0.25) is 0 Å². The minimum Gasteiger partial charge on any atom is -0.345 e. The van der Waals surface area contributed by atoms with E-state index in [1.54, 1.807) is 13.8 Å². The minimum atomic E-state index is 0.0302. The summed E-state index contributed by atoms with van der Waals surface area (Å²) < 4.78 is 0. The van der Waals surface area contributed by atoms with Gasteiger partial charge in [-0.15, -0.1) is 0 Å². The van der Waals surface area contributed by atoms with Crippen molar-refractivity contribution < 1.29 is 9.59 Å². The van der Waals surface area contributed by atoms with Crippen molar-refractivity contribution in [1.29, 1.82) is 0 Å². The Balaban J connectivity index is 1.77. The van der Waals surface area contributed by atoms with Crippen LogP contribution in [0, 0.1) is 0 Å². The fourth-order valence-electron chi connectivity index (χ4n) is 4.15. The maximum absolute atomic E-state index is 12.5. The smallest absolute Gasteiger partial charge is 0.161 e. The molecule has 4 heteroatoms. The van der Waals surface area contributed by atoms with Crippen molar-refractivity contribution in [3.05, 3.63) is 108 Å². The predicted molar refractivity (Wildman–Crippen MR) is 136 cm³/mol. The Hall–Kier alpha value is -3.92. The molecule has 3 aromatic carbocycles. The van der Waals surface area contributed by atoms with Crippen LogP contribution in [0.4, 0.5) is 11.4 Å². The van der Waals surface area contributed by atoms with Crippen LogP contribution >= 0.6 is 0 Å². The largest absolute Gasteiger partial charge is 0.345 e. The van der Waals surface area contributed by atoms with E-state index in [2.05, 4.69) is 21.9 Å². The van der Waals surface area contributed by atoms with E-state index in [9.17, 15) is 9.59 Å². The zero-order chi connectivity index (χ0) is 23.2. The van der Waals surface area contributed by atoms with Gasteiger partial charge in [0, 0.05) is 36.6 Å². The van der Waals surface area contributed by atoms with Crippen molar-refractivity contribution in [1.82, 2.24) is 0 Å². The molecule has 0 fully saturated rings. The Labute approximate surface area is 195 Å². The summed E-state index contributed by atoms with van der Waals surface area (Å²) in [6, 6.07) is 27.7. The molecule has 0 aromatic heterocycles. The average Bonchev–Trinajstić information content (AvgIpc) is 3.01. The lowest BCUT2D eigenvalue weighted by atomic mass is 10.0. The number of anilines is 2. The first kappa shape index (κ1) is 22.3. The van der Waals surface area contributed by atoms with E-state index < -0.39 is 0 Å². The molecule has 1 heterocycles. The predicted octanol–water partition coefficient (Wildman–Crippen LogP) is 5.96. The van der Waals surface area contributed by atoms with Gasteiger partial charge in [0.25, 0.3) is 0 Å². The normalized spacial score (nSPS) is 14.5. The lowest BCUT2D eigenvalue weighted by Crippen LogP contribution is -2.19. The van der Waals surface area contributed by atoms with Crippen LogP contribution in [0.2, 0.25) is 0 Å². The molecular formula is C29H28N2O2. The van der Waals surface area contributed by atoms with E-state index >= 15 is 0 Å². The van der Waals surface area contributed by atoms with Crippen molar-refractivity contribution >= 4 is 34.1 Å². The van der Waals surface area contributed by atoms with E-state index in [1.807, 2.05) is 85.2 Å². The molecule has 33 heavy (non-hydrogen) atoms. The molecule has 166 valence electrons. The number of ketones is 2. The van der Waals surface area contributed by atoms with Crippen LogP contribution in [-0.2, 0) is 9.59 Å². The highest BCUT2D eigenvalue weighted by atomic mass is 16.1.